The van der Waals surface area contributed by atoms with E-state index in [2.05, 4.69) is 120 Å². The lowest BCUT2D eigenvalue weighted by Gasteiger charge is -2.54. The van der Waals surface area contributed by atoms with Crippen molar-refractivity contribution in [1.82, 2.24) is 4.48 Å². The normalized spacial score (nSPS) is 26.6. The van der Waals surface area contributed by atoms with Gasteiger partial charge in [-0.25, -0.2) is 4.48 Å². The summed E-state index contributed by atoms with van der Waals surface area (Å²) in [5.41, 5.74) is 7.11. The largest absolute Gasteiger partial charge is 0.331 e. The second-order valence-corrected chi connectivity index (χ2v) is 15.3. The van der Waals surface area contributed by atoms with Crippen molar-refractivity contribution in [2.75, 3.05) is 55.4 Å². The number of para-hydroxylation sites is 2. The van der Waals surface area contributed by atoms with Crippen molar-refractivity contribution in [1.29, 1.82) is 0 Å². The van der Waals surface area contributed by atoms with Crippen LogP contribution in [-0.4, -0.2) is 70.5 Å². The summed E-state index contributed by atoms with van der Waals surface area (Å²) in [5, 5.41) is 1.46. The zero-order valence-electron chi connectivity index (χ0n) is 25.4. The highest BCUT2D eigenvalue weighted by Gasteiger charge is 2.56. The molecule has 0 bridgehead atoms. The van der Waals surface area contributed by atoms with Crippen molar-refractivity contribution >= 4 is 38.4 Å². The molecule has 4 nitrogen and oxygen atoms in total. The van der Waals surface area contributed by atoms with Gasteiger partial charge < -0.3 is 4.48 Å². The Labute approximate surface area is 245 Å². The number of benzene rings is 2. The molecule has 4 heterocycles. The van der Waals surface area contributed by atoms with E-state index in [0.29, 0.717) is 6.17 Å². The summed E-state index contributed by atoms with van der Waals surface area (Å²) in [6.45, 7) is 3.58. The van der Waals surface area contributed by atoms with E-state index in [1.807, 2.05) is 11.3 Å². The van der Waals surface area contributed by atoms with Crippen LogP contribution >= 0.6 is 11.3 Å². The van der Waals surface area contributed by atoms with Crippen LogP contribution in [0.3, 0.4) is 0 Å². The van der Waals surface area contributed by atoms with E-state index in [4.69, 9.17) is 0 Å². The molecule has 1 fully saturated rings. The minimum absolute atomic E-state index is 0.575. The highest BCUT2D eigenvalue weighted by atomic mass is 32.1. The lowest BCUT2D eigenvalue weighted by Crippen LogP contribution is -2.73. The lowest BCUT2D eigenvalue weighted by atomic mass is 9.91. The van der Waals surface area contributed by atoms with Gasteiger partial charge >= 0.3 is 0 Å². The van der Waals surface area contributed by atoms with Crippen molar-refractivity contribution in [2.24, 2.45) is 5.92 Å². The van der Waals surface area contributed by atoms with Crippen LogP contribution in [0.4, 0.5) is 5.69 Å². The zero-order valence-corrected chi connectivity index (χ0v) is 26.3. The van der Waals surface area contributed by atoms with Crippen LogP contribution < -0.4 is 9.05 Å². The average molecular weight is 557 g/mol. The fourth-order valence-corrected chi connectivity index (χ4v) is 8.52. The van der Waals surface area contributed by atoms with E-state index in [0.717, 1.165) is 32.3 Å². The summed E-state index contributed by atoms with van der Waals surface area (Å²) in [6, 6.07) is 18.1. The van der Waals surface area contributed by atoms with E-state index < -0.39 is 0 Å². The Kier molecular flexibility index (Phi) is 7.15. The molecule has 3 atom stereocenters. The van der Waals surface area contributed by atoms with Crippen LogP contribution in [0.1, 0.15) is 42.7 Å². The van der Waals surface area contributed by atoms with Crippen LogP contribution in [0, 0.1) is 5.92 Å². The maximum atomic E-state index is 2.64. The molecule has 6 rings (SSSR count). The van der Waals surface area contributed by atoms with Gasteiger partial charge in [-0.15, -0.1) is 0 Å². The monoisotopic (exact) mass is 556 g/mol. The van der Waals surface area contributed by atoms with Crippen molar-refractivity contribution < 1.29 is 13.5 Å². The molecule has 210 valence electrons. The van der Waals surface area contributed by atoms with Crippen molar-refractivity contribution in [3.05, 3.63) is 83.5 Å². The third-order valence-electron chi connectivity index (χ3n) is 9.42. The molecule has 0 saturated carbocycles. The SMILES string of the molecule is C[N+](C)(C)CCCC1CCC(=CC=C2C=C[N+]3(CCC3[N+](C)(C)C)c3ccccc32)c2sc3ccccc3[n+]2C1. The quantitative estimate of drug-likeness (QED) is 0.232. The van der Waals surface area contributed by atoms with Crippen LogP contribution in [0.25, 0.3) is 21.4 Å². The Hall–Kier alpha value is -2.57. The highest BCUT2D eigenvalue weighted by molar-refractivity contribution is 7.19. The summed E-state index contributed by atoms with van der Waals surface area (Å²) in [4.78, 5) is 0. The molecule has 0 radical (unpaired) electrons. The minimum atomic E-state index is 0.575. The smallest absolute Gasteiger partial charge is 0.265 e. The maximum Gasteiger partial charge on any atom is 0.265 e. The second-order valence-electron chi connectivity index (χ2n) is 14.2. The maximum absolute atomic E-state index is 2.64. The Morgan fingerprint density at radius 3 is 2.48 bits per heavy atom. The number of hydrogen-bond acceptors (Lipinski definition) is 1. The van der Waals surface area contributed by atoms with Gasteiger partial charge in [-0.2, -0.15) is 4.57 Å². The summed E-state index contributed by atoms with van der Waals surface area (Å²) < 4.78 is 7.07. The van der Waals surface area contributed by atoms with Gasteiger partial charge in [0.05, 0.1) is 48.8 Å². The third kappa shape index (κ3) is 5.14. The molecule has 5 heteroatoms. The van der Waals surface area contributed by atoms with Gasteiger partial charge in [0, 0.05) is 35.3 Å². The lowest BCUT2D eigenvalue weighted by molar-refractivity contribution is -0.912. The Morgan fingerprint density at radius 2 is 1.73 bits per heavy atom. The van der Waals surface area contributed by atoms with E-state index in [1.165, 1.54) is 76.4 Å². The fourth-order valence-electron chi connectivity index (χ4n) is 7.30. The molecule has 1 aromatic heterocycles. The topological polar surface area (TPSA) is 3.88 Å². The summed E-state index contributed by atoms with van der Waals surface area (Å²) >= 11 is 1.98. The number of fused-ring (bicyclic) bond motifs is 5. The highest BCUT2D eigenvalue weighted by Crippen LogP contribution is 2.47. The van der Waals surface area contributed by atoms with Gasteiger partial charge in [0.25, 0.3) is 5.01 Å². The van der Waals surface area contributed by atoms with E-state index in [1.54, 1.807) is 0 Å². The molecule has 3 aliphatic heterocycles. The molecular formula is C35H48N4S+4. The molecule has 40 heavy (non-hydrogen) atoms. The van der Waals surface area contributed by atoms with Gasteiger partial charge in [-0.3, -0.25) is 4.48 Å². The number of nitrogens with zero attached hydrogens (tertiary/aromatic N) is 4. The molecule has 2 aromatic carbocycles. The second kappa shape index (κ2) is 10.4. The predicted octanol–water partition coefficient (Wildman–Crippen LogP) is 6.82. The summed E-state index contributed by atoms with van der Waals surface area (Å²) in [7, 11) is 14.0. The first-order valence-corrected chi connectivity index (χ1v) is 16.0. The Balaban J connectivity index is 1.35. The Morgan fingerprint density at radius 1 is 0.950 bits per heavy atom. The number of quaternary nitrogens is 3. The Bertz CT molecular complexity index is 1500. The summed E-state index contributed by atoms with van der Waals surface area (Å²) in [5.74, 6) is 0.727. The number of allylic oxidation sites excluding steroid dienone is 5. The van der Waals surface area contributed by atoms with Crippen LogP contribution in [0.2, 0.25) is 0 Å². The van der Waals surface area contributed by atoms with Crippen molar-refractivity contribution in [2.45, 2.75) is 44.8 Å². The molecule has 3 aliphatic rings. The number of aromatic nitrogens is 1. The molecule has 3 unspecified atom stereocenters. The van der Waals surface area contributed by atoms with E-state index >= 15 is 0 Å². The fraction of sp³-hybridized carbons (Fsp3) is 0.457. The number of rotatable bonds is 6. The number of thiazole rings is 1. The third-order valence-corrected chi connectivity index (χ3v) is 10.7. The minimum Gasteiger partial charge on any atom is -0.331 e. The first-order valence-electron chi connectivity index (χ1n) is 15.2. The van der Waals surface area contributed by atoms with Crippen LogP contribution in [-0.2, 0) is 6.54 Å². The molecule has 1 spiro atoms. The van der Waals surface area contributed by atoms with Crippen LogP contribution in [0.5, 0.6) is 0 Å². The summed E-state index contributed by atoms with van der Waals surface area (Å²) in [6.07, 6.45) is 16.6. The first-order chi connectivity index (χ1) is 19.1. The van der Waals surface area contributed by atoms with Gasteiger partial charge in [-0.05, 0) is 43.4 Å². The van der Waals surface area contributed by atoms with Crippen molar-refractivity contribution in [3.8, 4) is 0 Å². The van der Waals surface area contributed by atoms with E-state index in [-0.39, 0.29) is 0 Å². The average Bonchev–Trinajstić information content (AvgIpc) is 3.15. The molecular weight excluding hydrogens is 508 g/mol. The molecule has 1 saturated heterocycles. The van der Waals surface area contributed by atoms with Gasteiger partial charge in [0.2, 0.25) is 11.7 Å². The van der Waals surface area contributed by atoms with Crippen LogP contribution in [0.15, 0.2) is 73.0 Å². The zero-order chi connectivity index (χ0) is 28.1. The molecule has 0 aliphatic carbocycles. The van der Waals surface area contributed by atoms with Gasteiger partial charge in [-0.1, -0.05) is 47.8 Å². The van der Waals surface area contributed by atoms with E-state index in [9.17, 15) is 0 Å². The predicted molar refractivity (Wildman–Crippen MR) is 172 cm³/mol. The number of hydrogen-bond donors (Lipinski definition) is 0. The standard InChI is InChI=1S/C35H48N4S/c1-37(2,3)23-11-12-27-17-18-29(35-36(26-27)31-14-8-10-16-33(31)40-35)20-19-28-21-24-39(25-22-34(39)38(4,5)6)32-15-9-7-13-30(28)32/h7-10,13-16,19-21,24,27,34H,11-12,17-18,22-23,25-26H2,1-6H3/q+4. The molecule has 0 amide bonds. The van der Waals surface area contributed by atoms with Crippen molar-refractivity contribution in [3.63, 3.8) is 0 Å². The van der Waals surface area contributed by atoms with Gasteiger partial charge in [0.15, 0.2) is 6.54 Å². The first kappa shape index (κ1) is 27.6. The molecule has 0 N–H and O–H groups in total. The molecule has 3 aromatic rings. The van der Waals surface area contributed by atoms with Gasteiger partial charge in [0.1, 0.15) is 29.6 Å².